The minimum atomic E-state index is -0.410. The normalized spacial score (nSPS) is 36.9. The number of pyridine rings is 1. The number of piperazine rings is 1. The summed E-state index contributed by atoms with van der Waals surface area (Å²) in [5.74, 6) is 3.10. The molecule has 0 spiro atoms. The van der Waals surface area contributed by atoms with Crippen molar-refractivity contribution in [2.24, 2.45) is 23.7 Å². The van der Waals surface area contributed by atoms with Crippen LogP contribution in [0.2, 0.25) is 0 Å². The van der Waals surface area contributed by atoms with E-state index in [1.54, 1.807) is 6.20 Å². The molecule has 5 fully saturated rings. The van der Waals surface area contributed by atoms with E-state index >= 15 is 0 Å². The van der Waals surface area contributed by atoms with E-state index < -0.39 is 6.04 Å². The summed E-state index contributed by atoms with van der Waals surface area (Å²) in [5.41, 5.74) is 0.934. The van der Waals surface area contributed by atoms with Gasteiger partial charge in [0.05, 0.1) is 18.2 Å². The van der Waals surface area contributed by atoms with Crippen molar-refractivity contribution in [1.29, 1.82) is 0 Å². The van der Waals surface area contributed by atoms with E-state index in [0.717, 1.165) is 24.1 Å². The van der Waals surface area contributed by atoms with Crippen LogP contribution in [0.5, 0.6) is 0 Å². The predicted molar refractivity (Wildman–Crippen MR) is 105 cm³/mol. The zero-order chi connectivity index (χ0) is 19.1. The van der Waals surface area contributed by atoms with Crippen LogP contribution in [0.4, 0.5) is 0 Å². The zero-order valence-corrected chi connectivity index (χ0v) is 16.3. The highest BCUT2D eigenvalue weighted by atomic mass is 16.2. The van der Waals surface area contributed by atoms with Crippen LogP contribution in [0.3, 0.4) is 0 Å². The van der Waals surface area contributed by atoms with Gasteiger partial charge in [0.15, 0.2) is 0 Å². The van der Waals surface area contributed by atoms with Crippen molar-refractivity contribution in [2.45, 2.75) is 57.2 Å². The van der Waals surface area contributed by atoms with Gasteiger partial charge in [0.1, 0.15) is 0 Å². The van der Waals surface area contributed by atoms with Crippen molar-refractivity contribution < 1.29 is 9.59 Å². The summed E-state index contributed by atoms with van der Waals surface area (Å²) in [7, 11) is 0. The standard InChI is InChI=1S/C22H30N4O2/c27-20(25-21-16-8-14-7-15(10-16)11-17(21)9-14)12-19-22(28)24-5-6-26(19)13-18-3-1-2-4-23-18/h1-4,14-17,19,21H,5-13H2,(H,24,28)(H,25,27)/t14?,15?,16?,17?,19-,21?/m1/s1. The quantitative estimate of drug-likeness (QED) is 0.813. The van der Waals surface area contributed by atoms with E-state index in [2.05, 4.69) is 20.5 Å². The minimum Gasteiger partial charge on any atom is -0.353 e. The van der Waals surface area contributed by atoms with Crippen molar-refractivity contribution in [3.8, 4) is 0 Å². The number of nitrogens with zero attached hydrogens (tertiary/aromatic N) is 2. The Balaban J connectivity index is 1.23. The molecule has 6 nitrogen and oxygen atoms in total. The van der Waals surface area contributed by atoms with E-state index in [0.29, 0.717) is 31.0 Å². The van der Waals surface area contributed by atoms with Crippen molar-refractivity contribution in [1.82, 2.24) is 20.5 Å². The number of nitrogens with one attached hydrogen (secondary N) is 2. The second kappa shape index (κ2) is 7.47. The van der Waals surface area contributed by atoms with Gasteiger partial charge in [-0.1, -0.05) is 6.07 Å². The zero-order valence-electron chi connectivity index (χ0n) is 16.3. The van der Waals surface area contributed by atoms with Crippen molar-refractivity contribution in [3.63, 3.8) is 0 Å². The molecule has 0 aromatic carbocycles. The fourth-order valence-electron chi connectivity index (χ4n) is 6.45. The summed E-state index contributed by atoms with van der Waals surface area (Å²) in [5, 5.41) is 6.28. The first-order valence-electron chi connectivity index (χ1n) is 10.9. The highest BCUT2D eigenvalue weighted by Crippen LogP contribution is 2.53. The van der Waals surface area contributed by atoms with Crippen molar-refractivity contribution in [3.05, 3.63) is 30.1 Å². The molecule has 1 atom stereocenters. The first-order chi connectivity index (χ1) is 13.7. The Labute approximate surface area is 166 Å². The van der Waals surface area contributed by atoms with Gasteiger partial charge in [0.25, 0.3) is 0 Å². The van der Waals surface area contributed by atoms with Gasteiger partial charge in [-0.25, -0.2) is 0 Å². The molecular formula is C22H30N4O2. The number of rotatable bonds is 5. The van der Waals surface area contributed by atoms with Gasteiger partial charge in [0.2, 0.25) is 11.8 Å². The number of carbonyl (C=O) groups is 2. The first kappa shape index (κ1) is 18.1. The van der Waals surface area contributed by atoms with E-state index in [9.17, 15) is 9.59 Å². The van der Waals surface area contributed by atoms with Gasteiger partial charge in [-0.2, -0.15) is 0 Å². The van der Waals surface area contributed by atoms with Gasteiger partial charge in [-0.3, -0.25) is 19.5 Å². The van der Waals surface area contributed by atoms with Crippen LogP contribution in [0.1, 0.15) is 44.2 Å². The molecule has 1 aliphatic heterocycles. The Bertz CT molecular complexity index is 709. The molecule has 4 saturated carbocycles. The third kappa shape index (κ3) is 3.54. The average molecular weight is 383 g/mol. The van der Waals surface area contributed by atoms with Gasteiger partial charge in [0, 0.05) is 31.9 Å². The number of hydrogen-bond acceptors (Lipinski definition) is 4. The first-order valence-corrected chi connectivity index (χ1v) is 10.9. The molecule has 150 valence electrons. The topological polar surface area (TPSA) is 74.3 Å². The van der Waals surface area contributed by atoms with E-state index in [1.165, 1.54) is 32.1 Å². The average Bonchev–Trinajstić information content (AvgIpc) is 2.68. The molecule has 4 bridgehead atoms. The number of aromatic nitrogens is 1. The lowest BCUT2D eigenvalue weighted by atomic mass is 9.54. The summed E-state index contributed by atoms with van der Waals surface area (Å²) in [6, 6.07) is 5.74. The maximum absolute atomic E-state index is 12.9. The highest BCUT2D eigenvalue weighted by molar-refractivity contribution is 5.89. The summed E-state index contributed by atoms with van der Waals surface area (Å²) in [4.78, 5) is 31.9. The molecule has 5 aliphatic rings. The fraction of sp³-hybridized carbons (Fsp3) is 0.682. The van der Waals surface area contributed by atoms with E-state index in [1.807, 2.05) is 18.2 Å². The molecule has 0 unspecified atom stereocenters. The Kier molecular flexibility index (Phi) is 4.83. The monoisotopic (exact) mass is 382 g/mol. The molecule has 6 rings (SSSR count). The summed E-state index contributed by atoms with van der Waals surface area (Å²) in [6.07, 6.45) is 8.57. The molecule has 28 heavy (non-hydrogen) atoms. The smallest absolute Gasteiger partial charge is 0.237 e. The van der Waals surface area contributed by atoms with Crippen LogP contribution >= 0.6 is 0 Å². The largest absolute Gasteiger partial charge is 0.353 e. The third-order valence-electron chi connectivity index (χ3n) is 7.47. The molecular weight excluding hydrogens is 352 g/mol. The molecule has 2 N–H and O–H groups in total. The van der Waals surface area contributed by atoms with Crippen LogP contribution in [-0.2, 0) is 16.1 Å². The highest BCUT2D eigenvalue weighted by Gasteiger charge is 2.48. The molecule has 1 aromatic rings. The molecule has 1 saturated heterocycles. The summed E-state index contributed by atoms with van der Waals surface area (Å²) >= 11 is 0. The van der Waals surface area contributed by atoms with Crippen LogP contribution < -0.4 is 10.6 Å². The van der Waals surface area contributed by atoms with Crippen LogP contribution in [0.15, 0.2) is 24.4 Å². The fourth-order valence-corrected chi connectivity index (χ4v) is 6.45. The van der Waals surface area contributed by atoms with Crippen molar-refractivity contribution in [2.75, 3.05) is 13.1 Å². The second-order valence-corrected chi connectivity index (χ2v) is 9.33. The number of amides is 2. The molecule has 1 aromatic heterocycles. The minimum absolute atomic E-state index is 0.0329. The Morgan fingerprint density at radius 1 is 1.14 bits per heavy atom. The lowest BCUT2D eigenvalue weighted by Gasteiger charge is -2.54. The molecule has 0 radical (unpaired) electrons. The van der Waals surface area contributed by atoms with Gasteiger partial charge >= 0.3 is 0 Å². The number of hydrogen-bond donors (Lipinski definition) is 2. The van der Waals surface area contributed by atoms with Gasteiger partial charge < -0.3 is 10.6 Å². The third-order valence-corrected chi connectivity index (χ3v) is 7.47. The Morgan fingerprint density at radius 3 is 2.57 bits per heavy atom. The summed E-state index contributed by atoms with van der Waals surface area (Å²) in [6.45, 7) is 1.97. The van der Waals surface area contributed by atoms with Gasteiger partial charge in [-0.05, 0) is 67.9 Å². The van der Waals surface area contributed by atoms with E-state index in [-0.39, 0.29) is 18.2 Å². The van der Waals surface area contributed by atoms with Crippen molar-refractivity contribution >= 4 is 11.8 Å². The molecule has 6 heteroatoms. The Hall–Kier alpha value is -1.95. The maximum Gasteiger partial charge on any atom is 0.237 e. The van der Waals surface area contributed by atoms with Crippen LogP contribution in [0, 0.1) is 23.7 Å². The van der Waals surface area contributed by atoms with Crippen LogP contribution in [0.25, 0.3) is 0 Å². The van der Waals surface area contributed by atoms with Crippen LogP contribution in [-0.4, -0.2) is 46.9 Å². The Morgan fingerprint density at radius 2 is 1.89 bits per heavy atom. The summed E-state index contributed by atoms with van der Waals surface area (Å²) < 4.78 is 0. The maximum atomic E-state index is 12.9. The molecule has 2 amide bonds. The second-order valence-electron chi connectivity index (χ2n) is 9.33. The SMILES string of the molecule is O=C(C[C@@H]1C(=O)NCCN1Cc1ccccn1)NC1C2CC3CC(C2)CC1C3. The lowest BCUT2D eigenvalue weighted by Crippen LogP contribution is -2.59. The molecule has 2 heterocycles. The van der Waals surface area contributed by atoms with E-state index in [4.69, 9.17) is 0 Å². The van der Waals surface area contributed by atoms with Gasteiger partial charge in [-0.15, -0.1) is 0 Å². The molecule has 4 aliphatic carbocycles. The number of carbonyl (C=O) groups excluding carboxylic acids is 2. The lowest BCUT2D eigenvalue weighted by molar-refractivity contribution is -0.135. The predicted octanol–water partition coefficient (Wildman–Crippen LogP) is 1.71.